The summed E-state index contributed by atoms with van der Waals surface area (Å²) < 4.78 is 4.63. The molecule has 0 radical (unpaired) electrons. The second-order valence-electron chi connectivity index (χ2n) is 10.2. The summed E-state index contributed by atoms with van der Waals surface area (Å²) in [6, 6.07) is 19.1. The van der Waals surface area contributed by atoms with Gasteiger partial charge in [-0.2, -0.15) is 0 Å². The second kappa shape index (κ2) is 7.31. The summed E-state index contributed by atoms with van der Waals surface area (Å²) in [4.78, 5) is 9.37. The van der Waals surface area contributed by atoms with Crippen LogP contribution in [0.5, 0.6) is 0 Å². The molecule has 0 atom stereocenters. The zero-order valence-electron chi connectivity index (χ0n) is 20.6. The van der Waals surface area contributed by atoms with Gasteiger partial charge in [0, 0.05) is 0 Å². The highest BCUT2D eigenvalue weighted by Crippen LogP contribution is 2.41. The van der Waals surface area contributed by atoms with E-state index in [4.69, 9.17) is 0 Å². The van der Waals surface area contributed by atoms with Crippen LogP contribution in [0.1, 0.15) is 55.5 Å². The summed E-state index contributed by atoms with van der Waals surface area (Å²) in [7, 11) is 0. The van der Waals surface area contributed by atoms with Crippen LogP contribution in [0.4, 0.5) is 0 Å². The minimum atomic E-state index is -0.264. The van der Waals surface area contributed by atoms with E-state index in [2.05, 4.69) is 110 Å². The fraction of sp³-hybridized carbons (Fsp3) is 0.310. The maximum Gasteiger partial charge on any atom is 0.0966 e. The first-order chi connectivity index (χ1) is 15.6. The molecule has 5 rings (SSSR count). The van der Waals surface area contributed by atoms with E-state index in [0.717, 1.165) is 22.1 Å². The Morgan fingerprint density at radius 2 is 1.00 bits per heavy atom. The molecule has 0 aliphatic carbocycles. The summed E-state index contributed by atoms with van der Waals surface area (Å²) >= 11 is 0. The highest BCUT2D eigenvalue weighted by molar-refractivity contribution is 5.77. The normalized spacial score (nSPS) is 12.7. The molecule has 0 fully saturated rings. The fourth-order valence-corrected chi connectivity index (χ4v) is 6.12. The van der Waals surface area contributed by atoms with Crippen LogP contribution in [0.15, 0.2) is 67.3 Å². The van der Waals surface area contributed by atoms with Gasteiger partial charge in [0.15, 0.2) is 0 Å². The Morgan fingerprint density at radius 3 is 1.42 bits per heavy atom. The van der Waals surface area contributed by atoms with Crippen molar-refractivity contribution < 1.29 is 0 Å². The largest absolute Gasteiger partial charge is 0.321 e. The lowest BCUT2D eigenvalue weighted by molar-refractivity contribution is 0.425. The van der Waals surface area contributed by atoms with Crippen LogP contribution in [0.3, 0.4) is 0 Å². The van der Waals surface area contributed by atoms with Gasteiger partial charge in [0.1, 0.15) is 0 Å². The predicted octanol–water partition coefficient (Wildman–Crippen LogP) is 6.88. The maximum atomic E-state index is 4.68. The molecule has 2 aromatic heterocycles. The van der Waals surface area contributed by atoms with Crippen LogP contribution in [0, 0.1) is 20.8 Å². The number of aryl methyl sites for hydroxylation is 2. The van der Waals surface area contributed by atoms with Gasteiger partial charge in [-0.25, -0.2) is 9.97 Å². The van der Waals surface area contributed by atoms with Crippen LogP contribution in [0.2, 0.25) is 0 Å². The predicted molar refractivity (Wildman–Crippen MR) is 137 cm³/mol. The summed E-state index contributed by atoms with van der Waals surface area (Å²) in [5, 5.41) is 0. The lowest BCUT2D eigenvalue weighted by atomic mass is 9.77. The average molecular weight is 437 g/mol. The van der Waals surface area contributed by atoms with Gasteiger partial charge < -0.3 is 9.13 Å². The van der Waals surface area contributed by atoms with Crippen LogP contribution < -0.4 is 0 Å². The molecule has 3 aromatic carbocycles. The van der Waals surface area contributed by atoms with E-state index in [1.54, 1.807) is 0 Å². The van der Waals surface area contributed by atoms with Crippen LogP contribution in [-0.2, 0) is 11.1 Å². The van der Waals surface area contributed by atoms with E-state index in [0.29, 0.717) is 0 Å². The van der Waals surface area contributed by atoms with Crippen molar-refractivity contribution in [2.75, 3.05) is 0 Å². The second-order valence-corrected chi connectivity index (χ2v) is 10.2. The monoisotopic (exact) mass is 436 g/mol. The Labute approximate surface area is 195 Å². The van der Waals surface area contributed by atoms with E-state index in [9.17, 15) is 0 Å². The van der Waals surface area contributed by atoms with Gasteiger partial charge in [-0.15, -0.1) is 0 Å². The Balaban J connectivity index is 1.75. The Bertz CT molecular complexity index is 1390. The van der Waals surface area contributed by atoms with Gasteiger partial charge in [-0.3, -0.25) is 0 Å². The number of fused-ring (bicyclic) bond motifs is 2. The molecule has 33 heavy (non-hydrogen) atoms. The molecule has 0 aliphatic rings. The molecule has 0 amide bonds. The molecule has 0 unspecified atom stereocenters. The third-order valence-corrected chi connectivity index (χ3v) is 7.31. The molecule has 0 bridgehead atoms. The van der Waals surface area contributed by atoms with Crippen molar-refractivity contribution in [3.8, 4) is 0 Å². The van der Waals surface area contributed by atoms with E-state index in [1.807, 2.05) is 24.8 Å². The molecule has 0 saturated heterocycles. The van der Waals surface area contributed by atoms with Gasteiger partial charge in [0.2, 0.25) is 0 Å². The number of hydrogen-bond acceptors (Lipinski definition) is 2. The van der Waals surface area contributed by atoms with E-state index < -0.39 is 0 Å². The quantitative estimate of drug-likeness (QED) is 0.308. The fourth-order valence-electron chi connectivity index (χ4n) is 6.12. The smallest absolute Gasteiger partial charge is 0.0966 e. The van der Waals surface area contributed by atoms with Crippen molar-refractivity contribution >= 4 is 22.1 Å². The van der Waals surface area contributed by atoms with Gasteiger partial charge >= 0.3 is 0 Å². The first-order valence-electron chi connectivity index (χ1n) is 11.6. The number of imidazole rings is 2. The Kier molecular flexibility index (Phi) is 4.75. The molecular formula is C29H32N4. The van der Waals surface area contributed by atoms with Gasteiger partial charge in [0.05, 0.1) is 45.8 Å². The van der Waals surface area contributed by atoms with E-state index in [-0.39, 0.29) is 11.1 Å². The number of aromatic nitrogens is 4. The van der Waals surface area contributed by atoms with Crippen LogP contribution in [-0.4, -0.2) is 19.1 Å². The number of rotatable bonds is 4. The standard InChI is InChI=1S/C29H32N4/c1-19-16-20(2)27(29(6,7)33-18-31-23-13-9-11-15-25(23)33)21(3)26(19)28(4,5)32-17-30-22-12-8-10-14-24(22)32/h8-18H,1-7H3. The van der Waals surface area contributed by atoms with Crippen LogP contribution >= 0.6 is 0 Å². The zero-order chi connectivity index (χ0) is 23.5. The molecule has 4 nitrogen and oxygen atoms in total. The molecule has 4 heteroatoms. The lowest BCUT2D eigenvalue weighted by Crippen LogP contribution is -2.33. The van der Waals surface area contributed by atoms with Gasteiger partial charge in [-0.1, -0.05) is 30.3 Å². The number of hydrogen-bond donors (Lipinski definition) is 0. The minimum Gasteiger partial charge on any atom is -0.321 e. The highest BCUT2D eigenvalue weighted by Gasteiger charge is 2.34. The zero-order valence-corrected chi connectivity index (χ0v) is 20.6. The molecule has 0 aliphatic heterocycles. The summed E-state index contributed by atoms with van der Waals surface area (Å²) in [5.41, 5.74) is 10.5. The first kappa shape index (κ1) is 21.4. The number of nitrogens with zero attached hydrogens (tertiary/aromatic N) is 4. The molecule has 168 valence electrons. The lowest BCUT2D eigenvalue weighted by Gasteiger charge is -2.37. The van der Waals surface area contributed by atoms with Gasteiger partial charge in [0.25, 0.3) is 0 Å². The molecule has 5 aromatic rings. The van der Waals surface area contributed by atoms with Crippen LogP contribution in [0.25, 0.3) is 22.1 Å². The first-order valence-corrected chi connectivity index (χ1v) is 11.6. The van der Waals surface area contributed by atoms with E-state index in [1.165, 1.54) is 27.8 Å². The van der Waals surface area contributed by atoms with Crippen molar-refractivity contribution in [3.63, 3.8) is 0 Å². The van der Waals surface area contributed by atoms with Crippen molar-refractivity contribution in [3.05, 3.63) is 95.1 Å². The van der Waals surface area contributed by atoms with Crippen molar-refractivity contribution in [2.45, 2.75) is 59.5 Å². The van der Waals surface area contributed by atoms with Crippen molar-refractivity contribution in [1.82, 2.24) is 19.1 Å². The van der Waals surface area contributed by atoms with Gasteiger partial charge in [-0.05, 0) is 101 Å². The molecular weight excluding hydrogens is 404 g/mol. The summed E-state index contributed by atoms with van der Waals surface area (Å²) in [5.74, 6) is 0. The summed E-state index contributed by atoms with van der Waals surface area (Å²) in [6.07, 6.45) is 3.97. The number of para-hydroxylation sites is 4. The molecule has 0 N–H and O–H groups in total. The molecule has 0 spiro atoms. The third-order valence-electron chi connectivity index (χ3n) is 7.31. The van der Waals surface area contributed by atoms with Crippen molar-refractivity contribution in [2.24, 2.45) is 0 Å². The Morgan fingerprint density at radius 1 is 0.606 bits per heavy atom. The maximum absolute atomic E-state index is 4.68. The van der Waals surface area contributed by atoms with E-state index >= 15 is 0 Å². The highest BCUT2D eigenvalue weighted by atomic mass is 15.1. The summed E-state index contributed by atoms with van der Waals surface area (Å²) in [6.45, 7) is 16.0. The van der Waals surface area contributed by atoms with Crippen molar-refractivity contribution in [1.29, 1.82) is 0 Å². The third kappa shape index (κ3) is 3.12. The minimum absolute atomic E-state index is 0.264. The SMILES string of the molecule is Cc1cc(C)c(C(C)(C)n2cnc3ccccc32)c(C)c1C(C)(C)n1cnc2ccccc21. The average Bonchev–Trinajstić information content (AvgIpc) is 3.38. The number of benzene rings is 3. The topological polar surface area (TPSA) is 35.6 Å². The Hall–Kier alpha value is -3.40. The molecule has 0 saturated carbocycles. The molecule has 2 heterocycles.